The Kier molecular flexibility index (Phi) is 6.68. The summed E-state index contributed by atoms with van der Waals surface area (Å²) >= 11 is 0. The molecule has 2 atom stereocenters. The molecule has 2 amide bonds. The lowest BCUT2D eigenvalue weighted by atomic mass is 10.2. The lowest BCUT2D eigenvalue weighted by Gasteiger charge is -2.16. The van der Waals surface area contributed by atoms with Gasteiger partial charge in [-0.2, -0.15) is 0 Å². The van der Waals surface area contributed by atoms with Gasteiger partial charge in [0.15, 0.2) is 0 Å². The molecule has 0 aliphatic carbocycles. The molecule has 1 heterocycles. The summed E-state index contributed by atoms with van der Waals surface area (Å²) in [6.07, 6.45) is -3.28. The van der Waals surface area contributed by atoms with Gasteiger partial charge in [0.25, 0.3) is 11.8 Å². The van der Waals surface area contributed by atoms with Crippen LogP contribution in [0.15, 0.2) is 84.9 Å². The number of rotatable bonds is 7. The highest BCUT2D eigenvalue weighted by Crippen LogP contribution is 2.29. The maximum Gasteiger partial charge on any atom is 0.339 e. The first-order valence-corrected chi connectivity index (χ1v) is 10.6. The van der Waals surface area contributed by atoms with E-state index in [2.05, 4.69) is 0 Å². The zero-order chi connectivity index (χ0) is 24.1. The number of hydrogen-bond donors (Lipinski definition) is 0. The minimum absolute atomic E-state index is 0.190. The van der Waals surface area contributed by atoms with E-state index < -0.39 is 36.0 Å². The highest BCUT2D eigenvalue weighted by Gasteiger charge is 2.53. The van der Waals surface area contributed by atoms with Crippen molar-refractivity contribution < 1.29 is 33.4 Å². The van der Waals surface area contributed by atoms with E-state index in [1.165, 1.54) is 36.4 Å². The van der Waals surface area contributed by atoms with E-state index in [1.54, 1.807) is 48.5 Å². The Balaban J connectivity index is 1.63. The average molecular weight is 459 g/mol. The number of carbonyl (C=O) groups excluding carboxylic acids is 4. The van der Waals surface area contributed by atoms with E-state index in [0.717, 1.165) is 4.90 Å². The van der Waals surface area contributed by atoms with Gasteiger partial charge in [0.1, 0.15) is 5.75 Å². The van der Waals surface area contributed by atoms with Gasteiger partial charge >= 0.3 is 11.9 Å². The number of amides is 2. The Morgan fingerprint density at radius 2 is 1.15 bits per heavy atom. The van der Waals surface area contributed by atoms with Crippen LogP contribution >= 0.6 is 0 Å². The van der Waals surface area contributed by atoms with E-state index in [1.807, 2.05) is 6.92 Å². The van der Waals surface area contributed by atoms with Crippen LogP contribution in [0.3, 0.4) is 0 Å². The molecule has 0 unspecified atom stereocenters. The largest absolute Gasteiger partial charge is 0.494 e. The van der Waals surface area contributed by atoms with Crippen LogP contribution in [0.5, 0.6) is 5.75 Å². The first-order chi connectivity index (χ1) is 16.5. The van der Waals surface area contributed by atoms with Crippen molar-refractivity contribution in [2.75, 3.05) is 11.5 Å². The molecule has 0 spiro atoms. The number of nitrogens with zero attached hydrogens (tertiary/aromatic N) is 1. The van der Waals surface area contributed by atoms with Gasteiger partial charge in [0.2, 0.25) is 12.2 Å². The second-order valence-corrected chi connectivity index (χ2v) is 7.32. The van der Waals surface area contributed by atoms with Crippen LogP contribution in [0.1, 0.15) is 27.6 Å². The topological polar surface area (TPSA) is 99.2 Å². The van der Waals surface area contributed by atoms with Crippen LogP contribution in [-0.4, -0.2) is 42.6 Å². The van der Waals surface area contributed by atoms with Gasteiger partial charge in [-0.3, -0.25) is 9.59 Å². The molecule has 1 saturated heterocycles. The van der Waals surface area contributed by atoms with Crippen molar-refractivity contribution in [3.05, 3.63) is 96.1 Å². The summed E-state index contributed by atoms with van der Waals surface area (Å²) in [5, 5.41) is 0. The van der Waals surface area contributed by atoms with Crippen LogP contribution in [0.25, 0.3) is 0 Å². The van der Waals surface area contributed by atoms with Crippen LogP contribution in [-0.2, 0) is 19.1 Å². The van der Waals surface area contributed by atoms with Crippen molar-refractivity contribution in [3.63, 3.8) is 0 Å². The molecule has 0 bridgehead atoms. The second kappa shape index (κ2) is 9.99. The maximum atomic E-state index is 13.2. The fourth-order valence-corrected chi connectivity index (χ4v) is 3.47. The fourth-order valence-electron chi connectivity index (χ4n) is 3.47. The number of benzene rings is 3. The number of anilines is 1. The summed E-state index contributed by atoms with van der Waals surface area (Å²) in [5.74, 6) is -2.71. The van der Waals surface area contributed by atoms with Gasteiger partial charge in [0, 0.05) is 0 Å². The molecule has 8 nitrogen and oxygen atoms in total. The summed E-state index contributed by atoms with van der Waals surface area (Å²) in [6.45, 7) is 2.29. The average Bonchev–Trinajstić information content (AvgIpc) is 3.09. The predicted molar refractivity (Wildman–Crippen MR) is 121 cm³/mol. The van der Waals surface area contributed by atoms with Gasteiger partial charge in [-0.05, 0) is 55.5 Å². The molecular weight excluding hydrogens is 438 g/mol. The van der Waals surface area contributed by atoms with Crippen LogP contribution in [0, 0.1) is 0 Å². The molecule has 3 aromatic carbocycles. The van der Waals surface area contributed by atoms with E-state index in [-0.39, 0.29) is 16.8 Å². The third kappa shape index (κ3) is 4.66. The standard InChI is InChI=1S/C26H21NO7/c1-2-32-20-15-13-19(14-16-20)27-23(28)21(33-25(30)17-9-5-3-6-10-17)22(24(27)29)34-26(31)18-11-7-4-8-12-18/h3-16,21-22H,2H2,1H3/t21-,22+. The molecule has 172 valence electrons. The quantitative estimate of drug-likeness (QED) is 0.394. The van der Waals surface area contributed by atoms with E-state index >= 15 is 0 Å². The second-order valence-electron chi connectivity index (χ2n) is 7.32. The molecule has 1 fully saturated rings. The van der Waals surface area contributed by atoms with Crippen LogP contribution < -0.4 is 9.64 Å². The first-order valence-electron chi connectivity index (χ1n) is 10.6. The normalized spacial score (nSPS) is 17.4. The molecule has 0 aromatic heterocycles. The van der Waals surface area contributed by atoms with E-state index in [0.29, 0.717) is 12.4 Å². The number of esters is 2. The predicted octanol–water partition coefficient (Wildman–Crippen LogP) is 3.41. The van der Waals surface area contributed by atoms with Crippen molar-refractivity contribution in [1.29, 1.82) is 0 Å². The minimum Gasteiger partial charge on any atom is -0.494 e. The van der Waals surface area contributed by atoms with E-state index in [4.69, 9.17) is 14.2 Å². The molecule has 1 aliphatic rings. The highest BCUT2D eigenvalue weighted by atomic mass is 16.6. The molecule has 3 aromatic rings. The Morgan fingerprint density at radius 3 is 1.56 bits per heavy atom. The number of ether oxygens (including phenoxy) is 3. The van der Waals surface area contributed by atoms with Crippen molar-refractivity contribution in [2.24, 2.45) is 0 Å². The number of carbonyl (C=O) groups is 4. The fraction of sp³-hybridized carbons (Fsp3) is 0.154. The Hall–Kier alpha value is -4.46. The van der Waals surface area contributed by atoms with Gasteiger partial charge in [-0.1, -0.05) is 36.4 Å². The molecule has 1 aliphatic heterocycles. The van der Waals surface area contributed by atoms with Crippen LogP contribution in [0.4, 0.5) is 5.69 Å². The van der Waals surface area contributed by atoms with Crippen molar-refractivity contribution >= 4 is 29.4 Å². The van der Waals surface area contributed by atoms with Gasteiger partial charge in [-0.15, -0.1) is 0 Å². The number of imide groups is 1. The van der Waals surface area contributed by atoms with Crippen LogP contribution in [0.2, 0.25) is 0 Å². The Bertz CT molecular complexity index is 1120. The molecule has 34 heavy (non-hydrogen) atoms. The van der Waals surface area contributed by atoms with Crippen molar-refractivity contribution in [1.82, 2.24) is 0 Å². The summed E-state index contributed by atoms with van der Waals surface area (Å²) in [4.78, 5) is 52.6. The Morgan fingerprint density at radius 1 is 0.706 bits per heavy atom. The lowest BCUT2D eigenvalue weighted by molar-refractivity contribution is -0.130. The zero-order valence-corrected chi connectivity index (χ0v) is 18.2. The Labute approximate surface area is 195 Å². The summed E-state index contributed by atoms with van der Waals surface area (Å²) in [7, 11) is 0. The summed E-state index contributed by atoms with van der Waals surface area (Å²) in [5.41, 5.74) is 0.614. The van der Waals surface area contributed by atoms with Crippen molar-refractivity contribution in [2.45, 2.75) is 19.1 Å². The molecule has 0 N–H and O–H groups in total. The van der Waals surface area contributed by atoms with Gasteiger partial charge in [0.05, 0.1) is 23.4 Å². The maximum absolute atomic E-state index is 13.2. The SMILES string of the molecule is CCOc1ccc(N2C(=O)[C@@H](OC(=O)c3ccccc3)[C@@H](OC(=O)c3ccccc3)C2=O)cc1. The molecule has 8 heteroatoms. The minimum atomic E-state index is -1.64. The smallest absolute Gasteiger partial charge is 0.339 e. The summed E-state index contributed by atoms with van der Waals surface area (Å²) in [6, 6.07) is 22.3. The van der Waals surface area contributed by atoms with E-state index in [9.17, 15) is 19.2 Å². The molecule has 0 saturated carbocycles. The zero-order valence-electron chi connectivity index (χ0n) is 18.2. The van der Waals surface area contributed by atoms with Crippen molar-refractivity contribution in [3.8, 4) is 5.75 Å². The first kappa shape index (κ1) is 22.7. The highest BCUT2D eigenvalue weighted by molar-refractivity contribution is 6.25. The third-order valence-corrected chi connectivity index (χ3v) is 5.10. The lowest BCUT2D eigenvalue weighted by Crippen LogP contribution is -2.37. The number of hydrogen-bond acceptors (Lipinski definition) is 7. The summed E-state index contributed by atoms with van der Waals surface area (Å²) < 4.78 is 16.2. The monoisotopic (exact) mass is 459 g/mol. The molecule has 0 radical (unpaired) electrons. The molecule has 4 rings (SSSR count). The third-order valence-electron chi connectivity index (χ3n) is 5.10. The van der Waals surface area contributed by atoms with Gasteiger partial charge in [-0.25, -0.2) is 14.5 Å². The molecular formula is C26H21NO7. The van der Waals surface area contributed by atoms with Gasteiger partial charge < -0.3 is 14.2 Å².